The maximum absolute atomic E-state index is 11.1. The largest absolute Gasteiger partial charge is 0.395 e. The molecule has 1 unspecified atom stereocenters. The van der Waals surface area contributed by atoms with Gasteiger partial charge in [-0.1, -0.05) is 0 Å². The molecule has 5 nitrogen and oxygen atoms in total. The molecule has 1 rings (SSSR count). The van der Waals surface area contributed by atoms with Crippen LogP contribution in [-0.4, -0.2) is 69.3 Å². The molecule has 6 heteroatoms. The maximum atomic E-state index is 11.1. The van der Waals surface area contributed by atoms with Crippen LogP contribution >= 0.6 is 0 Å². The van der Waals surface area contributed by atoms with Crippen molar-refractivity contribution in [2.75, 3.05) is 44.8 Å². The summed E-state index contributed by atoms with van der Waals surface area (Å²) >= 11 is 0. The Kier molecular flexibility index (Phi) is 4.31. The summed E-state index contributed by atoms with van der Waals surface area (Å²) in [5.41, 5.74) is 0. The summed E-state index contributed by atoms with van der Waals surface area (Å²) in [6, 6.07) is 0.0378. The Morgan fingerprint density at radius 3 is 2.43 bits per heavy atom. The highest BCUT2D eigenvalue weighted by Crippen LogP contribution is 2.03. The van der Waals surface area contributed by atoms with Crippen molar-refractivity contribution < 1.29 is 13.5 Å². The monoisotopic (exact) mass is 222 g/mol. The van der Waals surface area contributed by atoms with Crippen LogP contribution in [0.1, 0.15) is 0 Å². The van der Waals surface area contributed by atoms with E-state index in [0.717, 1.165) is 0 Å². The van der Waals surface area contributed by atoms with Crippen molar-refractivity contribution in [2.45, 2.75) is 6.04 Å². The first-order valence-electron chi connectivity index (χ1n) is 4.78. The molecule has 0 aliphatic carbocycles. The molecule has 2 N–H and O–H groups in total. The van der Waals surface area contributed by atoms with Crippen molar-refractivity contribution in [3.05, 3.63) is 0 Å². The van der Waals surface area contributed by atoms with E-state index in [2.05, 4.69) is 10.2 Å². The molecule has 1 atom stereocenters. The van der Waals surface area contributed by atoms with Crippen molar-refractivity contribution in [1.82, 2.24) is 10.2 Å². The van der Waals surface area contributed by atoms with Crippen molar-refractivity contribution in [1.29, 1.82) is 0 Å². The van der Waals surface area contributed by atoms with Crippen LogP contribution in [-0.2, 0) is 9.84 Å². The standard InChI is InChI=1S/C8H18N2O3S/c1-9-8(7-11)6-10-2-4-14(12,13)5-3-10/h8-9,11H,2-7H2,1H3. The van der Waals surface area contributed by atoms with Gasteiger partial charge in [-0.25, -0.2) is 8.42 Å². The quantitative estimate of drug-likeness (QED) is 0.593. The SMILES string of the molecule is CNC(CO)CN1CCS(=O)(=O)CC1. The van der Waals surface area contributed by atoms with Gasteiger partial charge in [-0.3, -0.25) is 4.90 Å². The van der Waals surface area contributed by atoms with Gasteiger partial charge in [-0.05, 0) is 7.05 Å². The second-order valence-electron chi connectivity index (χ2n) is 3.62. The molecule has 1 saturated heterocycles. The van der Waals surface area contributed by atoms with Crippen LogP contribution in [0.2, 0.25) is 0 Å². The fraction of sp³-hybridized carbons (Fsp3) is 1.00. The van der Waals surface area contributed by atoms with Crippen molar-refractivity contribution in [3.63, 3.8) is 0 Å². The molecular weight excluding hydrogens is 204 g/mol. The Labute approximate surface area is 85.0 Å². The number of nitrogens with zero attached hydrogens (tertiary/aromatic N) is 1. The Hall–Kier alpha value is -0.170. The Morgan fingerprint density at radius 2 is 2.00 bits per heavy atom. The lowest BCUT2D eigenvalue weighted by atomic mass is 10.3. The Bertz CT molecular complexity index is 248. The lowest BCUT2D eigenvalue weighted by Crippen LogP contribution is -2.47. The lowest BCUT2D eigenvalue weighted by molar-refractivity contribution is 0.193. The summed E-state index contributed by atoms with van der Waals surface area (Å²) in [5, 5.41) is 11.9. The van der Waals surface area contributed by atoms with Gasteiger partial charge in [0.1, 0.15) is 0 Å². The minimum atomic E-state index is -2.79. The molecule has 0 amide bonds. The van der Waals surface area contributed by atoms with Gasteiger partial charge in [0.15, 0.2) is 9.84 Å². The van der Waals surface area contributed by atoms with Crippen molar-refractivity contribution in [3.8, 4) is 0 Å². The van der Waals surface area contributed by atoms with Gasteiger partial charge in [0, 0.05) is 25.7 Å². The minimum Gasteiger partial charge on any atom is -0.395 e. The van der Waals surface area contributed by atoms with Gasteiger partial charge in [-0.2, -0.15) is 0 Å². The molecule has 1 heterocycles. The highest BCUT2D eigenvalue weighted by Gasteiger charge is 2.22. The second-order valence-corrected chi connectivity index (χ2v) is 5.92. The molecule has 0 radical (unpaired) electrons. The van der Waals surface area contributed by atoms with Gasteiger partial charge in [0.2, 0.25) is 0 Å². The zero-order valence-corrected chi connectivity index (χ0v) is 9.26. The molecule has 0 aromatic carbocycles. The Morgan fingerprint density at radius 1 is 1.43 bits per heavy atom. The molecule has 84 valence electrons. The third kappa shape index (κ3) is 3.53. The molecule has 0 bridgehead atoms. The van der Waals surface area contributed by atoms with E-state index >= 15 is 0 Å². The first-order valence-corrected chi connectivity index (χ1v) is 6.60. The van der Waals surface area contributed by atoms with E-state index in [1.807, 2.05) is 0 Å². The van der Waals surface area contributed by atoms with E-state index in [9.17, 15) is 8.42 Å². The number of aliphatic hydroxyl groups excluding tert-OH is 1. The van der Waals surface area contributed by atoms with E-state index in [1.165, 1.54) is 0 Å². The first-order chi connectivity index (χ1) is 6.57. The summed E-state index contributed by atoms with van der Waals surface area (Å²) in [4.78, 5) is 2.07. The average molecular weight is 222 g/mol. The van der Waals surface area contributed by atoms with Crippen LogP contribution in [0.3, 0.4) is 0 Å². The zero-order valence-electron chi connectivity index (χ0n) is 8.44. The van der Waals surface area contributed by atoms with Crippen LogP contribution in [0.25, 0.3) is 0 Å². The number of aliphatic hydroxyl groups is 1. The number of rotatable bonds is 4. The molecule has 1 aliphatic heterocycles. The predicted octanol–water partition coefficient (Wildman–Crippen LogP) is -1.70. The summed E-state index contributed by atoms with van der Waals surface area (Å²) in [6.45, 7) is 1.96. The third-order valence-electron chi connectivity index (χ3n) is 2.54. The number of nitrogens with one attached hydrogen (secondary N) is 1. The van der Waals surface area contributed by atoms with Gasteiger partial charge < -0.3 is 10.4 Å². The molecule has 0 saturated carbocycles. The summed E-state index contributed by atoms with van der Waals surface area (Å²) in [5.74, 6) is 0.490. The number of hydrogen-bond acceptors (Lipinski definition) is 5. The van der Waals surface area contributed by atoms with Gasteiger partial charge in [-0.15, -0.1) is 0 Å². The number of sulfone groups is 1. The van der Waals surface area contributed by atoms with E-state index in [-0.39, 0.29) is 24.2 Å². The topological polar surface area (TPSA) is 69.6 Å². The van der Waals surface area contributed by atoms with Crippen LogP contribution in [0.15, 0.2) is 0 Å². The van der Waals surface area contributed by atoms with Crippen LogP contribution in [0, 0.1) is 0 Å². The lowest BCUT2D eigenvalue weighted by Gasteiger charge is -2.29. The molecule has 1 fully saturated rings. The highest BCUT2D eigenvalue weighted by molar-refractivity contribution is 7.91. The molecule has 0 spiro atoms. The summed E-state index contributed by atoms with van der Waals surface area (Å²) in [7, 11) is -0.996. The smallest absolute Gasteiger partial charge is 0.152 e. The highest BCUT2D eigenvalue weighted by atomic mass is 32.2. The predicted molar refractivity (Wildman–Crippen MR) is 55.0 cm³/mol. The molecule has 0 aromatic rings. The van der Waals surface area contributed by atoms with Crippen molar-refractivity contribution in [2.24, 2.45) is 0 Å². The summed E-state index contributed by atoms with van der Waals surface area (Å²) in [6.07, 6.45) is 0. The second kappa shape index (κ2) is 5.06. The molecule has 0 aromatic heterocycles. The summed E-state index contributed by atoms with van der Waals surface area (Å²) < 4.78 is 22.3. The number of hydrogen-bond donors (Lipinski definition) is 2. The van der Waals surface area contributed by atoms with Gasteiger partial charge >= 0.3 is 0 Å². The fourth-order valence-corrected chi connectivity index (χ4v) is 2.76. The van der Waals surface area contributed by atoms with Crippen LogP contribution in [0.5, 0.6) is 0 Å². The van der Waals surface area contributed by atoms with E-state index in [0.29, 0.717) is 19.6 Å². The first kappa shape index (κ1) is 11.9. The van der Waals surface area contributed by atoms with Crippen LogP contribution in [0.4, 0.5) is 0 Å². The third-order valence-corrected chi connectivity index (χ3v) is 4.15. The number of likely N-dealkylation sites (N-methyl/N-ethyl adjacent to an activating group) is 1. The van der Waals surface area contributed by atoms with Gasteiger partial charge in [0.05, 0.1) is 18.1 Å². The van der Waals surface area contributed by atoms with E-state index in [4.69, 9.17) is 5.11 Å². The molecule has 14 heavy (non-hydrogen) atoms. The van der Waals surface area contributed by atoms with E-state index < -0.39 is 9.84 Å². The average Bonchev–Trinajstić information content (AvgIpc) is 2.16. The minimum absolute atomic E-state index is 0.0378. The van der Waals surface area contributed by atoms with Crippen molar-refractivity contribution >= 4 is 9.84 Å². The van der Waals surface area contributed by atoms with Crippen LogP contribution < -0.4 is 5.32 Å². The zero-order chi connectivity index (χ0) is 10.6. The van der Waals surface area contributed by atoms with E-state index in [1.54, 1.807) is 7.05 Å². The molecular formula is C8H18N2O3S. The normalized spacial score (nSPS) is 24.7. The molecule has 1 aliphatic rings. The Balaban J connectivity index is 2.35. The fourth-order valence-electron chi connectivity index (χ4n) is 1.48. The van der Waals surface area contributed by atoms with Gasteiger partial charge in [0.25, 0.3) is 0 Å². The maximum Gasteiger partial charge on any atom is 0.152 e.